The number of hydrogen-bond donors (Lipinski definition) is 0. The Kier molecular flexibility index (Phi) is 4.58. The maximum Gasteiger partial charge on any atom is 0.222 e. The van der Waals surface area contributed by atoms with Crippen molar-refractivity contribution in [2.45, 2.75) is 38.1 Å². The van der Waals surface area contributed by atoms with E-state index in [9.17, 15) is 4.79 Å². The van der Waals surface area contributed by atoms with Crippen molar-refractivity contribution in [1.82, 2.24) is 14.8 Å². The van der Waals surface area contributed by atoms with Gasteiger partial charge in [-0.2, -0.15) is 5.26 Å². The topological polar surface area (TPSA) is 63.5 Å². The molecule has 4 heterocycles. The van der Waals surface area contributed by atoms with Crippen molar-refractivity contribution < 1.29 is 4.79 Å². The number of hydrogen-bond acceptors (Lipinski definition) is 5. The van der Waals surface area contributed by atoms with E-state index in [1.165, 1.54) is 0 Å². The molecule has 1 aromatic rings. The molecule has 4 rings (SSSR count). The SMILES string of the molecule is CN1CCC(N2CC3(CCC2=O)CCN(c2cc(C#N)ccn2)CC3)C1. The molecule has 6 nitrogen and oxygen atoms in total. The summed E-state index contributed by atoms with van der Waals surface area (Å²) < 4.78 is 0. The minimum Gasteiger partial charge on any atom is -0.357 e. The molecule has 0 N–H and O–H groups in total. The number of likely N-dealkylation sites (N-methyl/N-ethyl adjacent to an activating group) is 1. The monoisotopic (exact) mass is 353 g/mol. The molecular weight excluding hydrogens is 326 g/mol. The van der Waals surface area contributed by atoms with Gasteiger partial charge in [-0.25, -0.2) is 4.98 Å². The minimum absolute atomic E-state index is 0.262. The van der Waals surface area contributed by atoms with Crippen LogP contribution < -0.4 is 4.90 Å². The lowest BCUT2D eigenvalue weighted by molar-refractivity contribution is -0.141. The van der Waals surface area contributed by atoms with Crippen LogP contribution in [0.1, 0.15) is 37.7 Å². The summed E-state index contributed by atoms with van der Waals surface area (Å²) in [5.41, 5.74) is 0.924. The summed E-state index contributed by atoms with van der Waals surface area (Å²) in [5, 5.41) is 9.10. The van der Waals surface area contributed by atoms with Gasteiger partial charge in [0, 0.05) is 44.8 Å². The Morgan fingerprint density at radius 3 is 2.77 bits per heavy atom. The molecule has 0 aromatic carbocycles. The van der Waals surface area contributed by atoms with Gasteiger partial charge in [0.15, 0.2) is 0 Å². The van der Waals surface area contributed by atoms with E-state index in [1.807, 2.05) is 6.07 Å². The van der Waals surface area contributed by atoms with E-state index < -0.39 is 0 Å². The number of aromatic nitrogens is 1. The van der Waals surface area contributed by atoms with E-state index in [-0.39, 0.29) is 5.41 Å². The summed E-state index contributed by atoms with van der Waals surface area (Å²) in [7, 11) is 2.14. The Morgan fingerprint density at radius 1 is 1.27 bits per heavy atom. The smallest absolute Gasteiger partial charge is 0.222 e. The fraction of sp³-hybridized carbons (Fsp3) is 0.650. The van der Waals surface area contributed by atoms with Crippen LogP contribution in [0.2, 0.25) is 0 Å². The van der Waals surface area contributed by atoms with Gasteiger partial charge in [-0.05, 0) is 56.8 Å². The number of carbonyl (C=O) groups is 1. The van der Waals surface area contributed by atoms with Crippen molar-refractivity contribution in [2.75, 3.05) is 44.7 Å². The molecule has 0 radical (unpaired) electrons. The molecule has 1 amide bonds. The largest absolute Gasteiger partial charge is 0.357 e. The Bertz CT molecular complexity index is 719. The maximum absolute atomic E-state index is 12.5. The number of likely N-dealkylation sites (tertiary alicyclic amines) is 2. The molecule has 6 heteroatoms. The first-order valence-electron chi connectivity index (χ1n) is 9.68. The molecule has 0 aliphatic carbocycles. The Morgan fingerprint density at radius 2 is 2.08 bits per heavy atom. The molecule has 1 spiro atoms. The number of nitriles is 1. The van der Waals surface area contributed by atoms with E-state index in [2.05, 4.69) is 32.8 Å². The number of carbonyl (C=O) groups excluding carboxylic acids is 1. The van der Waals surface area contributed by atoms with Crippen LogP contribution in [0.5, 0.6) is 0 Å². The highest BCUT2D eigenvalue weighted by molar-refractivity contribution is 5.77. The van der Waals surface area contributed by atoms with Crippen molar-refractivity contribution in [3.63, 3.8) is 0 Å². The summed E-state index contributed by atoms with van der Waals surface area (Å²) in [6.07, 6.45) is 6.73. The van der Waals surface area contributed by atoms with Gasteiger partial charge in [0.05, 0.1) is 11.6 Å². The minimum atomic E-state index is 0.262. The van der Waals surface area contributed by atoms with Crippen molar-refractivity contribution in [1.29, 1.82) is 5.26 Å². The highest BCUT2D eigenvalue weighted by Gasteiger charge is 2.43. The molecule has 1 unspecified atom stereocenters. The van der Waals surface area contributed by atoms with Gasteiger partial charge in [-0.1, -0.05) is 0 Å². The highest BCUT2D eigenvalue weighted by Crippen LogP contribution is 2.42. The number of rotatable bonds is 2. The molecule has 138 valence electrons. The molecule has 26 heavy (non-hydrogen) atoms. The lowest BCUT2D eigenvalue weighted by Crippen LogP contribution is -2.55. The summed E-state index contributed by atoms with van der Waals surface area (Å²) in [6, 6.07) is 6.22. The van der Waals surface area contributed by atoms with Gasteiger partial charge in [-0.15, -0.1) is 0 Å². The van der Waals surface area contributed by atoms with Crippen LogP contribution in [0, 0.1) is 16.7 Å². The van der Waals surface area contributed by atoms with Gasteiger partial charge in [0.1, 0.15) is 5.82 Å². The van der Waals surface area contributed by atoms with Crippen LogP contribution in [0.4, 0.5) is 5.82 Å². The van der Waals surface area contributed by atoms with E-state index in [1.54, 1.807) is 12.3 Å². The molecule has 3 saturated heterocycles. The third-order valence-electron chi connectivity index (χ3n) is 6.53. The number of amides is 1. The maximum atomic E-state index is 12.5. The number of anilines is 1. The predicted octanol–water partition coefficient (Wildman–Crippen LogP) is 1.87. The first-order valence-corrected chi connectivity index (χ1v) is 9.68. The molecule has 1 atom stereocenters. The molecule has 3 aliphatic rings. The van der Waals surface area contributed by atoms with E-state index in [0.29, 0.717) is 23.9 Å². The zero-order valence-corrected chi connectivity index (χ0v) is 15.5. The van der Waals surface area contributed by atoms with Crippen molar-refractivity contribution in [3.8, 4) is 6.07 Å². The quantitative estimate of drug-likeness (QED) is 0.812. The fourth-order valence-corrected chi connectivity index (χ4v) is 4.82. The third kappa shape index (κ3) is 3.28. The first kappa shape index (κ1) is 17.3. The average Bonchev–Trinajstić information content (AvgIpc) is 3.11. The highest BCUT2D eigenvalue weighted by atomic mass is 16.2. The van der Waals surface area contributed by atoms with E-state index >= 15 is 0 Å². The van der Waals surface area contributed by atoms with Gasteiger partial charge >= 0.3 is 0 Å². The molecule has 3 aliphatic heterocycles. The van der Waals surface area contributed by atoms with Gasteiger partial charge in [0.25, 0.3) is 0 Å². The van der Waals surface area contributed by atoms with E-state index in [0.717, 1.165) is 64.2 Å². The lowest BCUT2D eigenvalue weighted by Gasteiger charge is -2.49. The zero-order chi connectivity index (χ0) is 18.1. The number of piperidine rings is 2. The molecule has 0 bridgehead atoms. The van der Waals surface area contributed by atoms with Crippen molar-refractivity contribution in [2.24, 2.45) is 5.41 Å². The fourth-order valence-electron chi connectivity index (χ4n) is 4.82. The third-order valence-corrected chi connectivity index (χ3v) is 6.53. The second-order valence-electron chi connectivity index (χ2n) is 8.23. The molecule has 3 fully saturated rings. The van der Waals surface area contributed by atoms with Crippen LogP contribution in [-0.4, -0.2) is 66.5 Å². The van der Waals surface area contributed by atoms with Crippen LogP contribution in [0.25, 0.3) is 0 Å². The van der Waals surface area contributed by atoms with Crippen LogP contribution >= 0.6 is 0 Å². The predicted molar refractivity (Wildman–Crippen MR) is 99.7 cm³/mol. The van der Waals surface area contributed by atoms with Crippen LogP contribution in [0.15, 0.2) is 18.3 Å². The normalized spacial score (nSPS) is 26.3. The lowest BCUT2D eigenvalue weighted by atomic mass is 9.72. The van der Waals surface area contributed by atoms with Crippen molar-refractivity contribution in [3.05, 3.63) is 23.9 Å². The van der Waals surface area contributed by atoms with Crippen LogP contribution in [0.3, 0.4) is 0 Å². The number of pyridine rings is 1. The number of nitrogens with zero attached hydrogens (tertiary/aromatic N) is 5. The van der Waals surface area contributed by atoms with Gasteiger partial charge < -0.3 is 14.7 Å². The van der Waals surface area contributed by atoms with Crippen LogP contribution in [-0.2, 0) is 4.79 Å². The standard InChI is InChI=1S/C20H27N5O/c1-23-9-4-17(14-23)25-15-20(5-2-19(25)26)6-10-24(11-7-20)18-12-16(13-21)3-8-22-18/h3,8,12,17H,2,4-7,9-11,14-15H2,1H3. The first-order chi connectivity index (χ1) is 12.6. The molecular formula is C20H27N5O. The molecule has 0 saturated carbocycles. The second-order valence-corrected chi connectivity index (χ2v) is 8.23. The average molecular weight is 353 g/mol. The summed E-state index contributed by atoms with van der Waals surface area (Å²) >= 11 is 0. The van der Waals surface area contributed by atoms with Gasteiger partial charge in [0.2, 0.25) is 5.91 Å². The summed E-state index contributed by atoms with van der Waals surface area (Å²) in [5.74, 6) is 1.25. The Hall–Kier alpha value is -2.13. The summed E-state index contributed by atoms with van der Waals surface area (Å²) in [6.45, 7) is 4.93. The van der Waals surface area contributed by atoms with E-state index in [4.69, 9.17) is 5.26 Å². The second kappa shape index (κ2) is 6.88. The Labute approximate surface area is 155 Å². The zero-order valence-electron chi connectivity index (χ0n) is 15.5. The molecule has 1 aromatic heterocycles. The Balaban J connectivity index is 1.42. The van der Waals surface area contributed by atoms with Crippen molar-refractivity contribution >= 4 is 11.7 Å². The summed E-state index contributed by atoms with van der Waals surface area (Å²) in [4.78, 5) is 23.8. The van der Waals surface area contributed by atoms with Gasteiger partial charge in [-0.3, -0.25) is 4.79 Å².